The summed E-state index contributed by atoms with van der Waals surface area (Å²) < 4.78 is 11.9. The average Bonchev–Trinajstić information content (AvgIpc) is 3.22. The lowest BCUT2D eigenvalue weighted by molar-refractivity contribution is -0.233. The summed E-state index contributed by atoms with van der Waals surface area (Å²) >= 11 is 0. The summed E-state index contributed by atoms with van der Waals surface area (Å²) in [5.74, 6) is 0.829. The van der Waals surface area contributed by atoms with E-state index in [9.17, 15) is 19.2 Å². The Morgan fingerprint density at radius 3 is 2.11 bits per heavy atom. The standard InChI is InChI=1S/C40H62O6/c1-24(2)31-26(42)21-40(23-41)20-19-38(11)25(32(31)40)13-14-28-37(10)17-16-29(36(8,9)27(37)15-18-39(28,38)12)45-30(43)22-35(6,7)33(44)46-34(3,4)5/h23-25,27-29H,13-22H2,1-12H3/t25-,27?,28-,29+,37?,38-,39?,40+/m1/s1. The van der Waals surface area contributed by atoms with Gasteiger partial charge in [-0.3, -0.25) is 14.4 Å². The van der Waals surface area contributed by atoms with Crippen LogP contribution in [0.2, 0.25) is 0 Å². The van der Waals surface area contributed by atoms with Gasteiger partial charge >= 0.3 is 11.9 Å². The average molecular weight is 639 g/mol. The number of Topliss-reactive ketones (excluding diaryl/α,β-unsaturated/α-hetero) is 1. The summed E-state index contributed by atoms with van der Waals surface area (Å²) in [6.07, 6.45) is 9.22. The summed E-state index contributed by atoms with van der Waals surface area (Å²) in [6.45, 7) is 25.4. The molecule has 8 atom stereocenters. The largest absolute Gasteiger partial charge is 0.462 e. The second-order valence-electron chi connectivity index (χ2n) is 19.4. The molecule has 4 fully saturated rings. The summed E-state index contributed by atoms with van der Waals surface area (Å²) in [5.41, 5.74) is 0.0203. The minimum absolute atomic E-state index is 0.00410. The predicted octanol–water partition coefficient (Wildman–Crippen LogP) is 8.84. The van der Waals surface area contributed by atoms with Crippen LogP contribution in [0.5, 0.6) is 0 Å². The second-order valence-corrected chi connectivity index (χ2v) is 19.4. The molecule has 0 spiro atoms. The molecule has 46 heavy (non-hydrogen) atoms. The van der Waals surface area contributed by atoms with E-state index in [4.69, 9.17) is 9.47 Å². The van der Waals surface area contributed by atoms with Gasteiger partial charge in [0.25, 0.3) is 0 Å². The fourth-order valence-electron chi connectivity index (χ4n) is 12.0. The van der Waals surface area contributed by atoms with Crippen molar-refractivity contribution in [3.8, 4) is 0 Å². The third-order valence-corrected chi connectivity index (χ3v) is 14.5. The van der Waals surface area contributed by atoms with Crippen LogP contribution < -0.4 is 0 Å². The number of esters is 2. The number of hydrogen-bond acceptors (Lipinski definition) is 6. The van der Waals surface area contributed by atoms with E-state index in [2.05, 4.69) is 48.5 Å². The monoisotopic (exact) mass is 638 g/mol. The van der Waals surface area contributed by atoms with Crippen molar-refractivity contribution in [2.45, 2.75) is 159 Å². The third kappa shape index (κ3) is 5.16. The molecule has 0 aromatic rings. The van der Waals surface area contributed by atoms with Gasteiger partial charge in [-0.1, -0.05) is 48.5 Å². The van der Waals surface area contributed by atoms with Crippen LogP contribution in [0.15, 0.2) is 11.1 Å². The smallest absolute Gasteiger partial charge is 0.312 e. The second kappa shape index (κ2) is 11.0. The highest BCUT2D eigenvalue weighted by atomic mass is 16.6. The lowest BCUT2D eigenvalue weighted by atomic mass is 9.33. The highest BCUT2D eigenvalue weighted by Gasteiger charge is 2.70. The fourth-order valence-corrected chi connectivity index (χ4v) is 12.0. The van der Waals surface area contributed by atoms with Crippen molar-refractivity contribution in [3.05, 3.63) is 11.1 Å². The first-order valence-corrected chi connectivity index (χ1v) is 18.2. The van der Waals surface area contributed by atoms with Gasteiger partial charge in [0.05, 0.1) is 17.3 Å². The van der Waals surface area contributed by atoms with Gasteiger partial charge in [-0.05, 0) is 137 Å². The summed E-state index contributed by atoms with van der Waals surface area (Å²) in [4.78, 5) is 52.4. The maximum atomic E-state index is 13.4. The molecule has 0 aromatic carbocycles. The van der Waals surface area contributed by atoms with E-state index in [0.29, 0.717) is 18.3 Å². The zero-order valence-electron chi connectivity index (χ0n) is 31.0. The topological polar surface area (TPSA) is 86.7 Å². The highest BCUT2D eigenvalue weighted by molar-refractivity contribution is 6.03. The number of carbonyl (C=O) groups excluding carboxylic acids is 4. The van der Waals surface area contributed by atoms with Crippen LogP contribution >= 0.6 is 0 Å². The Labute approximate surface area is 278 Å². The number of ether oxygens (including phenoxy) is 2. The number of hydrogen-bond donors (Lipinski definition) is 0. The normalized spacial score (nSPS) is 40.4. The number of aldehydes is 1. The molecule has 0 saturated heterocycles. The highest BCUT2D eigenvalue weighted by Crippen LogP contribution is 2.76. The van der Waals surface area contributed by atoms with Gasteiger partial charge in [0, 0.05) is 11.8 Å². The van der Waals surface area contributed by atoms with Crippen LogP contribution in [0.25, 0.3) is 0 Å². The first-order valence-electron chi connectivity index (χ1n) is 18.2. The van der Waals surface area contributed by atoms with Gasteiger partial charge in [-0.15, -0.1) is 0 Å². The molecule has 0 heterocycles. The molecule has 6 nitrogen and oxygen atoms in total. The SMILES string of the molecule is CC(C)C1=C2[C@H]3CC[C@@H]4C5(C)CC[C@H](OC(=O)CC(C)(C)C(=O)OC(C)(C)C)C(C)(C)C5CCC4(C)[C@]3(C)CC[C@@]2(C=O)CC1=O. The van der Waals surface area contributed by atoms with Crippen LogP contribution in [0.3, 0.4) is 0 Å². The Bertz CT molecular complexity index is 1330. The van der Waals surface area contributed by atoms with Gasteiger partial charge < -0.3 is 14.3 Å². The minimum Gasteiger partial charge on any atom is -0.462 e. The lowest BCUT2D eigenvalue weighted by Crippen LogP contribution is -2.65. The molecule has 5 rings (SSSR count). The Balaban J connectivity index is 1.39. The third-order valence-electron chi connectivity index (χ3n) is 14.5. The van der Waals surface area contributed by atoms with Crippen LogP contribution in [-0.2, 0) is 28.7 Å². The van der Waals surface area contributed by atoms with Crippen molar-refractivity contribution in [3.63, 3.8) is 0 Å². The van der Waals surface area contributed by atoms with Crippen molar-refractivity contribution in [1.82, 2.24) is 0 Å². The van der Waals surface area contributed by atoms with Crippen LogP contribution in [0, 0.1) is 56.2 Å². The molecule has 5 aliphatic rings. The van der Waals surface area contributed by atoms with E-state index in [-0.39, 0.29) is 63.7 Å². The number of allylic oxidation sites excluding steroid dienone is 2. The van der Waals surface area contributed by atoms with Gasteiger partial charge in [0.15, 0.2) is 5.78 Å². The maximum Gasteiger partial charge on any atom is 0.312 e. The molecule has 0 N–H and O–H groups in total. The summed E-state index contributed by atoms with van der Waals surface area (Å²) in [7, 11) is 0. The van der Waals surface area contributed by atoms with Crippen LogP contribution in [-0.4, -0.2) is 35.7 Å². The first kappa shape index (κ1) is 35.3. The van der Waals surface area contributed by atoms with Crippen molar-refractivity contribution < 1.29 is 28.7 Å². The first-order chi connectivity index (χ1) is 21.0. The Kier molecular flexibility index (Phi) is 8.46. The maximum absolute atomic E-state index is 13.4. The molecular weight excluding hydrogens is 576 g/mol. The number of rotatable bonds is 6. The molecule has 3 unspecified atom stereocenters. The molecule has 0 aromatic heterocycles. The van der Waals surface area contributed by atoms with E-state index in [1.54, 1.807) is 13.8 Å². The molecular formula is C40H62O6. The van der Waals surface area contributed by atoms with Crippen LogP contribution in [0.4, 0.5) is 0 Å². The van der Waals surface area contributed by atoms with E-state index in [1.165, 1.54) is 5.57 Å². The molecule has 0 bridgehead atoms. The Morgan fingerprint density at radius 2 is 1.52 bits per heavy atom. The number of carbonyl (C=O) groups is 4. The molecule has 0 aliphatic heterocycles. The molecule has 4 saturated carbocycles. The predicted molar refractivity (Wildman–Crippen MR) is 180 cm³/mol. The summed E-state index contributed by atoms with van der Waals surface area (Å²) in [5, 5.41) is 0. The van der Waals surface area contributed by atoms with E-state index >= 15 is 0 Å². The van der Waals surface area contributed by atoms with Crippen molar-refractivity contribution in [2.75, 3.05) is 0 Å². The molecule has 6 heteroatoms. The van der Waals surface area contributed by atoms with Crippen molar-refractivity contribution >= 4 is 24.0 Å². The Hall–Kier alpha value is -1.98. The van der Waals surface area contributed by atoms with Crippen molar-refractivity contribution in [1.29, 1.82) is 0 Å². The van der Waals surface area contributed by atoms with Gasteiger partial charge in [-0.25, -0.2) is 0 Å². The quantitative estimate of drug-likeness (QED) is 0.213. The lowest BCUT2D eigenvalue weighted by Gasteiger charge is -2.72. The van der Waals surface area contributed by atoms with E-state index in [1.807, 2.05) is 20.8 Å². The number of fused-ring (bicyclic) bond motifs is 7. The molecule has 258 valence electrons. The van der Waals surface area contributed by atoms with Gasteiger partial charge in [0.1, 0.15) is 18.0 Å². The zero-order chi connectivity index (χ0) is 34.5. The zero-order valence-corrected chi connectivity index (χ0v) is 31.0. The minimum atomic E-state index is -0.964. The Morgan fingerprint density at radius 1 is 0.870 bits per heavy atom. The van der Waals surface area contributed by atoms with Crippen LogP contribution in [0.1, 0.15) is 147 Å². The molecule has 0 amide bonds. The van der Waals surface area contributed by atoms with Crippen molar-refractivity contribution in [2.24, 2.45) is 56.2 Å². The molecule has 0 radical (unpaired) electrons. The summed E-state index contributed by atoms with van der Waals surface area (Å²) in [6, 6.07) is 0. The fraction of sp³-hybridized carbons (Fsp3) is 0.850. The van der Waals surface area contributed by atoms with Gasteiger partial charge in [-0.2, -0.15) is 0 Å². The van der Waals surface area contributed by atoms with E-state index in [0.717, 1.165) is 63.2 Å². The number of ketones is 1. The van der Waals surface area contributed by atoms with E-state index < -0.39 is 16.4 Å². The molecule has 5 aliphatic carbocycles. The van der Waals surface area contributed by atoms with Gasteiger partial charge in [0.2, 0.25) is 0 Å².